The van der Waals surface area contributed by atoms with E-state index in [4.69, 9.17) is 11.6 Å². The molecule has 6 nitrogen and oxygen atoms in total. The van der Waals surface area contributed by atoms with Crippen molar-refractivity contribution in [1.82, 2.24) is 14.5 Å². The van der Waals surface area contributed by atoms with Gasteiger partial charge >= 0.3 is 6.18 Å². The van der Waals surface area contributed by atoms with Gasteiger partial charge in [-0.25, -0.2) is 9.37 Å². The molecule has 33 heavy (non-hydrogen) atoms. The number of benzene rings is 1. The van der Waals surface area contributed by atoms with Crippen LogP contribution in [-0.4, -0.2) is 40.6 Å². The fraction of sp³-hybridized carbons (Fsp3) is 0.318. The Morgan fingerprint density at radius 3 is 2.48 bits per heavy atom. The number of piperazine rings is 1. The van der Waals surface area contributed by atoms with Crippen molar-refractivity contribution in [2.75, 3.05) is 31.1 Å². The largest absolute Gasteiger partial charge is 0.416 e. The molecule has 1 saturated heterocycles. The van der Waals surface area contributed by atoms with Crippen molar-refractivity contribution < 1.29 is 17.6 Å². The van der Waals surface area contributed by atoms with E-state index in [0.29, 0.717) is 49.0 Å². The molecule has 0 radical (unpaired) electrons. The number of nitriles is 1. The van der Waals surface area contributed by atoms with Gasteiger partial charge in [0, 0.05) is 39.8 Å². The molecule has 172 valence electrons. The lowest BCUT2D eigenvalue weighted by atomic mass is 10.1. The summed E-state index contributed by atoms with van der Waals surface area (Å²) < 4.78 is 54.1. The second-order valence-electron chi connectivity index (χ2n) is 7.81. The number of anilines is 1. The van der Waals surface area contributed by atoms with E-state index in [2.05, 4.69) is 4.98 Å². The lowest BCUT2D eigenvalue weighted by Gasteiger charge is -2.36. The minimum atomic E-state index is -4.63. The van der Waals surface area contributed by atoms with Gasteiger partial charge in [-0.3, -0.25) is 9.69 Å². The first-order chi connectivity index (χ1) is 15.6. The third-order valence-electron chi connectivity index (χ3n) is 5.67. The Balaban J connectivity index is 1.60. The van der Waals surface area contributed by atoms with Gasteiger partial charge in [-0.2, -0.15) is 18.4 Å². The summed E-state index contributed by atoms with van der Waals surface area (Å²) in [6, 6.07) is 7.71. The normalized spacial score (nSPS) is 15.1. The van der Waals surface area contributed by atoms with E-state index >= 15 is 0 Å². The van der Waals surface area contributed by atoms with Crippen LogP contribution in [0.2, 0.25) is 5.15 Å². The summed E-state index contributed by atoms with van der Waals surface area (Å²) in [5, 5.41) is 9.88. The van der Waals surface area contributed by atoms with E-state index in [-0.39, 0.29) is 22.8 Å². The molecule has 0 aliphatic carbocycles. The van der Waals surface area contributed by atoms with Gasteiger partial charge in [0.25, 0.3) is 5.56 Å². The SMILES string of the molecule is Cn1c(=O)c(C#N)c(N2CCN(Cc3cc(F)cc(C(F)(F)F)c3)CC2)c2nc(Cl)ccc21. The lowest BCUT2D eigenvalue weighted by Crippen LogP contribution is -2.47. The first-order valence-corrected chi connectivity index (χ1v) is 10.4. The van der Waals surface area contributed by atoms with Crippen molar-refractivity contribution in [3.05, 3.63) is 68.3 Å². The molecule has 0 bridgehead atoms. The average Bonchev–Trinajstić information content (AvgIpc) is 2.75. The van der Waals surface area contributed by atoms with Crippen LogP contribution in [0.4, 0.5) is 23.2 Å². The van der Waals surface area contributed by atoms with Crippen molar-refractivity contribution in [2.45, 2.75) is 12.7 Å². The van der Waals surface area contributed by atoms with Crippen LogP contribution < -0.4 is 10.5 Å². The summed E-state index contributed by atoms with van der Waals surface area (Å²) in [4.78, 5) is 20.8. The maximum absolute atomic E-state index is 13.7. The molecule has 3 aromatic rings. The number of aryl methyl sites for hydroxylation is 1. The summed E-state index contributed by atoms with van der Waals surface area (Å²) >= 11 is 6.07. The van der Waals surface area contributed by atoms with E-state index < -0.39 is 23.1 Å². The van der Waals surface area contributed by atoms with E-state index in [1.807, 2.05) is 15.9 Å². The molecule has 0 saturated carbocycles. The number of nitrogens with zero attached hydrogens (tertiary/aromatic N) is 5. The summed E-state index contributed by atoms with van der Waals surface area (Å²) in [6.45, 7) is 1.79. The smallest absolute Gasteiger partial charge is 0.366 e. The van der Waals surface area contributed by atoms with Crippen LogP contribution in [0, 0.1) is 17.1 Å². The number of hydrogen-bond acceptors (Lipinski definition) is 5. The van der Waals surface area contributed by atoms with Crippen LogP contribution in [-0.2, 0) is 19.8 Å². The third-order valence-corrected chi connectivity index (χ3v) is 5.88. The fourth-order valence-corrected chi connectivity index (χ4v) is 4.22. The average molecular weight is 480 g/mol. The minimum absolute atomic E-state index is 0.0480. The second-order valence-corrected chi connectivity index (χ2v) is 8.20. The molecule has 11 heteroatoms. The van der Waals surface area contributed by atoms with E-state index in [1.165, 1.54) is 4.57 Å². The summed E-state index contributed by atoms with van der Waals surface area (Å²) in [5.41, 5.74) is 0.0437. The molecule has 1 aromatic carbocycles. The van der Waals surface area contributed by atoms with Crippen LogP contribution in [0.25, 0.3) is 11.0 Å². The van der Waals surface area contributed by atoms with Gasteiger partial charge in [0.15, 0.2) is 0 Å². The summed E-state index contributed by atoms with van der Waals surface area (Å²) in [7, 11) is 1.55. The number of fused-ring (bicyclic) bond motifs is 1. The van der Waals surface area contributed by atoms with E-state index in [0.717, 1.165) is 12.1 Å². The zero-order valence-electron chi connectivity index (χ0n) is 17.5. The molecule has 1 fully saturated rings. The zero-order valence-corrected chi connectivity index (χ0v) is 18.2. The van der Waals surface area contributed by atoms with E-state index in [1.54, 1.807) is 19.2 Å². The van der Waals surface area contributed by atoms with Gasteiger partial charge in [0.1, 0.15) is 28.1 Å². The Morgan fingerprint density at radius 2 is 1.85 bits per heavy atom. The molecule has 2 aromatic heterocycles. The molecule has 4 rings (SSSR count). The number of hydrogen-bond donors (Lipinski definition) is 0. The van der Waals surface area contributed by atoms with Gasteiger partial charge in [-0.15, -0.1) is 0 Å². The number of aromatic nitrogens is 2. The van der Waals surface area contributed by atoms with Crippen molar-refractivity contribution in [1.29, 1.82) is 5.26 Å². The Morgan fingerprint density at radius 1 is 1.15 bits per heavy atom. The Kier molecular flexibility index (Phi) is 6.03. The Bertz CT molecular complexity index is 1320. The van der Waals surface area contributed by atoms with Crippen LogP contribution in [0.15, 0.2) is 35.1 Å². The number of rotatable bonds is 3. The molecular formula is C22H18ClF4N5O. The van der Waals surface area contributed by atoms with Gasteiger partial charge in [-0.1, -0.05) is 11.6 Å². The highest BCUT2D eigenvalue weighted by atomic mass is 35.5. The van der Waals surface area contributed by atoms with Gasteiger partial charge < -0.3 is 9.47 Å². The van der Waals surface area contributed by atoms with E-state index in [9.17, 15) is 27.6 Å². The van der Waals surface area contributed by atoms with Gasteiger partial charge in [-0.05, 0) is 35.9 Å². The maximum atomic E-state index is 13.7. The highest BCUT2D eigenvalue weighted by molar-refractivity contribution is 6.29. The Labute approximate surface area is 191 Å². The monoisotopic (exact) mass is 479 g/mol. The first kappa shape index (κ1) is 23.0. The number of pyridine rings is 2. The third kappa shape index (κ3) is 4.51. The summed E-state index contributed by atoms with van der Waals surface area (Å²) in [6.07, 6.45) is -4.63. The quantitative estimate of drug-likeness (QED) is 0.420. The molecule has 0 spiro atoms. The van der Waals surface area contributed by atoms with Crippen LogP contribution in [0.1, 0.15) is 16.7 Å². The van der Waals surface area contributed by atoms with Crippen molar-refractivity contribution in [3.63, 3.8) is 0 Å². The van der Waals surface area contributed by atoms with Crippen molar-refractivity contribution >= 4 is 28.3 Å². The van der Waals surface area contributed by atoms with Crippen LogP contribution in [0.5, 0.6) is 0 Å². The highest BCUT2D eigenvalue weighted by Crippen LogP contribution is 2.32. The predicted molar refractivity (Wildman–Crippen MR) is 116 cm³/mol. The topological polar surface area (TPSA) is 65.2 Å². The molecule has 0 atom stereocenters. The van der Waals surface area contributed by atoms with Gasteiger partial charge in [0.05, 0.1) is 16.8 Å². The maximum Gasteiger partial charge on any atom is 0.416 e. The highest BCUT2D eigenvalue weighted by Gasteiger charge is 2.32. The molecule has 1 aliphatic rings. The standard InChI is InChI=1S/C22H18ClF4N5O/c1-30-17-2-3-18(23)29-19(17)20(16(11-28)21(30)33)32-6-4-31(5-7-32)12-13-8-14(22(25,26)27)10-15(24)9-13/h2-3,8-10H,4-7,12H2,1H3. The zero-order chi connectivity index (χ0) is 23.9. The van der Waals surface area contributed by atoms with Crippen molar-refractivity contribution in [3.8, 4) is 6.07 Å². The molecule has 3 heterocycles. The van der Waals surface area contributed by atoms with Crippen LogP contribution in [0.3, 0.4) is 0 Å². The predicted octanol–water partition coefficient (Wildman–Crippen LogP) is 3.94. The first-order valence-electron chi connectivity index (χ1n) is 10.0. The molecular weight excluding hydrogens is 462 g/mol. The lowest BCUT2D eigenvalue weighted by molar-refractivity contribution is -0.137. The minimum Gasteiger partial charge on any atom is -0.366 e. The molecule has 0 N–H and O–H groups in total. The van der Waals surface area contributed by atoms with Crippen LogP contribution >= 0.6 is 11.6 Å². The second kappa shape index (κ2) is 8.65. The fourth-order valence-electron chi connectivity index (χ4n) is 4.07. The van der Waals surface area contributed by atoms with Crippen molar-refractivity contribution in [2.24, 2.45) is 7.05 Å². The molecule has 0 unspecified atom stereocenters. The Hall–Kier alpha value is -3.16. The van der Waals surface area contributed by atoms with Gasteiger partial charge in [0.2, 0.25) is 0 Å². The number of alkyl halides is 3. The molecule has 1 aliphatic heterocycles. The molecule has 0 amide bonds. The summed E-state index contributed by atoms with van der Waals surface area (Å²) in [5.74, 6) is -0.938. The number of halogens is 5.